The number of para-hydroxylation sites is 1. The molecule has 7 aliphatic rings. The highest BCUT2D eigenvalue weighted by Gasteiger charge is 2.50. The van der Waals surface area contributed by atoms with Gasteiger partial charge in [-0.05, 0) is 95.9 Å². The molecule has 1 saturated heterocycles. The number of nitrogens with zero attached hydrogens (tertiary/aromatic N) is 2. The molecule has 58 heavy (non-hydrogen) atoms. The van der Waals surface area contributed by atoms with Crippen molar-refractivity contribution in [1.29, 1.82) is 0 Å². The van der Waals surface area contributed by atoms with Crippen molar-refractivity contribution in [3.63, 3.8) is 0 Å². The molecule has 1 heterocycles. The second kappa shape index (κ2) is 14.7. The van der Waals surface area contributed by atoms with E-state index in [-0.39, 0.29) is 11.5 Å². The van der Waals surface area contributed by atoms with Crippen molar-refractivity contribution in [3.05, 3.63) is 246 Å². The monoisotopic (exact) mass is 750 g/mol. The summed E-state index contributed by atoms with van der Waals surface area (Å²) in [4.78, 5) is 5.28. The summed E-state index contributed by atoms with van der Waals surface area (Å²) in [6.07, 6.45) is 40.9. The molecule has 4 aromatic rings. The van der Waals surface area contributed by atoms with Gasteiger partial charge in [0, 0.05) is 40.2 Å². The van der Waals surface area contributed by atoms with Crippen molar-refractivity contribution in [2.75, 3.05) is 9.80 Å². The fourth-order valence-corrected chi connectivity index (χ4v) is 11.5. The van der Waals surface area contributed by atoms with E-state index in [0.717, 1.165) is 32.1 Å². The van der Waals surface area contributed by atoms with E-state index in [2.05, 4.69) is 216 Å². The molecule has 1 fully saturated rings. The van der Waals surface area contributed by atoms with Crippen LogP contribution in [0.3, 0.4) is 0 Å². The van der Waals surface area contributed by atoms with Crippen LogP contribution in [0.25, 0.3) is 5.57 Å². The Morgan fingerprint density at radius 1 is 0.621 bits per heavy atom. The molecule has 1 aliphatic heterocycles. The zero-order chi connectivity index (χ0) is 38.5. The van der Waals surface area contributed by atoms with Gasteiger partial charge in [0.15, 0.2) is 0 Å². The van der Waals surface area contributed by atoms with Gasteiger partial charge in [0.25, 0.3) is 0 Å². The highest BCUT2D eigenvalue weighted by molar-refractivity contribution is 5.78. The van der Waals surface area contributed by atoms with Crippen LogP contribution in [0.4, 0.5) is 11.4 Å². The molecular weight excluding hydrogens is 701 g/mol. The van der Waals surface area contributed by atoms with Crippen LogP contribution in [0.1, 0.15) is 48.8 Å². The smallest absolute Gasteiger partial charge is 0.0556 e. The molecule has 6 aliphatic carbocycles. The predicted molar refractivity (Wildman–Crippen MR) is 242 cm³/mol. The van der Waals surface area contributed by atoms with Crippen molar-refractivity contribution in [1.82, 2.24) is 0 Å². The summed E-state index contributed by atoms with van der Waals surface area (Å²) in [5.74, 6) is 1.15. The molecule has 284 valence electrons. The molecule has 2 nitrogen and oxygen atoms in total. The van der Waals surface area contributed by atoms with Gasteiger partial charge < -0.3 is 9.80 Å². The van der Waals surface area contributed by atoms with Crippen LogP contribution in [0.2, 0.25) is 0 Å². The Morgan fingerprint density at radius 2 is 1.33 bits per heavy atom. The molecule has 4 aromatic carbocycles. The Balaban J connectivity index is 0.964. The number of hydrogen-bond acceptors (Lipinski definition) is 2. The number of fused-ring (bicyclic) bond motifs is 5. The number of benzene rings is 4. The lowest BCUT2D eigenvalue weighted by Crippen LogP contribution is -2.45. The van der Waals surface area contributed by atoms with Crippen LogP contribution < -0.4 is 9.80 Å². The summed E-state index contributed by atoms with van der Waals surface area (Å²) in [5, 5.41) is 0. The Morgan fingerprint density at radius 3 is 2.07 bits per heavy atom. The van der Waals surface area contributed by atoms with E-state index in [1.165, 1.54) is 50.5 Å². The molecule has 0 aromatic heterocycles. The van der Waals surface area contributed by atoms with Crippen molar-refractivity contribution < 1.29 is 0 Å². The fourth-order valence-electron chi connectivity index (χ4n) is 11.5. The standard InChI is InChI=1S/C56H50N2/c1-5-18-43(19-6-1)56(44-20-7-2-8-21-44)39-42-17-13-14-26-49(42)50-35-34-48(38-53(50)56)57(45-22-9-3-10-23-45)47-32-29-40(30-33-47)41-31-36-55-52(37-41)51-27-15-16-28-54(51)58(55)46-24-11-4-12-25-46/h1-12,14-16,18-22,24-37,45,51-55H,13,17,23,38-39H2. The van der Waals surface area contributed by atoms with E-state index >= 15 is 0 Å². The van der Waals surface area contributed by atoms with Crippen LogP contribution in [0.15, 0.2) is 229 Å². The van der Waals surface area contributed by atoms with Gasteiger partial charge in [-0.15, -0.1) is 0 Å². The third-order valence-corrected chi connectivity index (χ3v) is 14.1. The lowest BCUT2D eigenvalue weighted by atomic mass is 9.53. The van der Waals surface area contributed by atoms with E-state index in [0.29, 0.717) is 29.8 Å². The van der Waals surface area contributed by atoms with E-state index < -0.39 is 0 Å². The quantitative estimate of drug-likeness (QED) is 0.186. The molecule has 0 saturated carbocycles. The summed E-state index contributed by atoms with van der Waals surface area (Å²) in [6.45, 7) is 0. The minimum Gasteiger partial charge on any atom is -0.357 e. The molecule has 0 N–H and O–H groups in total. The molecule has 0 amide bonds. The van der Waals surface area contributed by atoms with E-state index in [1.807, 2.05) is 0 Å². The summed E-state index contributed by atoms with van der Waals surface area (Å²) >= 11 is 0. The van der Waals surface area contributed by atoms with Crippen molar-refractivity contribution in [2.45, 2.75) is 55.6 Å². The van der Waals surface area contributed by atoms with Gasteiger partial charge >= 0.3 is 0 Å². The van der Waals surface area contributed by atoms with Crippen molar-refractivity contribution in [2.24, 2.45) is 17.8 Å². The van der Waals surface area contributed by atoms with Gasteiger partial charge in [-0.3, -0.25) is 0 Å². The van der Waals surface area contributed by atoms with Crippen LogP contribution in [0, 0.1) is 17.8 Å². The number of rotatable bonds is 7. The van der Waals surface area contributed by atoms with Crippen LogP contribution in [-0.4, -0.2) is 18.1 Å². The first kappa shape index (κ1) is 35.1. The Hall–Kier alpha value is -6.12. The van der Waals surface area contributed by atoms with Gasteiger partial charge in [-0.2, -0.15) is 0 Å². The molecule has 2 heteroatoms. The fraction of sp³-hybridized carbons (Fsp3) is 0.214. The topological polar surface area (TPSA) is 6.48 Å². The SMILES string of the molecule is C1=CCC(N(C2=CC=C3C4=C(CCC=C4)CC(c4ccccc4)(c4ccccc4)C3C2)c2ccc(C3=CC4C5C=CC=CC5N(c5ccccc5)C4C=C3)cc2)C=C1. The number of hydrogen-bond donors (Lipinski definition) is 0. The van der Waals surface area contributed by atoms with Gasteiger partial charge in [0.1, 0.15) is 0 Å². The molecule has 6 atom stereocenters. The lowest BCUT2D eigenvalue weighted by Gasteiger charge is -2.51. The maximum atomic E-state index is 2.65. The van der Waals surface area contributed by atoms with Crippen molar-refractivity contribution in [3.8, 4) is 0 Å². The highest BCUT2D eigenvalue weighted by atomic mass is 15.2. The molecule has 0 spiro atoms. The Bertz CT molecular complexity index is 2460. The summed E-state index contributed by atoms with van der Waals surface area (Å²) in [7, 11) is 0. The summed E-state index contributed by atoms with van der Waals surface area (Å²) in [5.41, 5.74) is 13.8. The normalized spacial score (nSPS) is 27.2. The van der Waals surface area contributed by atoms with Gasteiger partial charge in [0.2, 0.25) is 0 Å². The second-order valence-corrected chi connectivity index (χ2v) is 17.0. The third-order valence-electron chi connectivity index (χ3n) is 14.1. The Kier molecular flexibility index (Phi) is 8.87. The first-order valence-corrected chi connectivity index (χ1v) is 21.5. The second-order valence-electron chi connectivity index (χ2n) is 17.0. The third kappa shape index (κ3) is 5.84. The van der Waals surface area contributed by atoms with E-state index in [1.54, 1.807) is 5.57 Å². The first-order chi connectivity index (χ1) is 28.8. The average molecular weight is 751 g/mol. The summed E-state index contributed by atoms with van der Waals surface area (Å²) < 4.78 is 0. The van der Waals surface area contributed by atoms with Crippen molar-refractivity contribution >= 4 is 16.9 Å². The minimum atomic E-state index is -0.161. The zero-order valence-corrected chi connectivity index (χ0v) is 33.0. The largest absolute Gasteiger partial charge is 0.357 e. The van der Waals surface area contributed by atoms with E-state index in [9.17, 15) is 0 Å². The van der Waals surface area contributed by atoms with E-state index in [4.69, 9.17) is 0 Å². The average Bonchev–Trinajstić information content (AvgIpc) is 3.64. The van der Waals surface area contributed by atoms with Crippen LogP contribution in [0.5, 0.6) is 0 Å². The zero-order valence-electron chi connectivity index (χ0n) is 33.0. The van der Waals surface area contributed by atoms with Crippen LogP contribution in [-0.2, 0) is 5.41 Å². The molecule has 6 unspecified atom stereocenters. The highest BCUT2D eigenvalue weighted by Crippen LogP contribution is 2.58. The van der Waals surface area contributed by atoms with Gasteiger partial charge in [0.05, 0.1) is 18.1 Å². The summed E-state index contributed by atoms with van der Waals surface area (Å²) in [6, 6.07) is 44.3. The molecule has 0 bridgehead atoms. The lowest BCUT2D eigenvalue weighted by molar-refractivity contribution is 0.335. The van der Waals surface area contributed by atoms with Gasteiger partial charge in [-0.25, -0.2) is 0 Å². The first-order valence-electron chi connectivity index (χ1n) is 21.5. The minimum absolute atomic E-state index is 0.161. The maximum absolute atomic E-state index is 2.65. The number of allylic oxidation sites excluding steroid dienone is 14. The van der Waals surface area contributed by atoms with Crippen LogP contribution >= 0.6 is 0 Å². The predicted octanol–water partition coefficient (Wildman–Crippen LogP) is 12.8. The maximum Gasteiger partial charge on any atom is 0.0556 e. The molecular formula is C56H50N2. The molecule has 11 rings (SSSR count). The number of anilines is 2. The Labute approximate surface area is 344 Å². The molecule has 0 radical (unpaired) electrons. The van der Waals surface area contributed by atoms with Gasteiger partial charge in [-0.1, -0.05) is 182 Å².